The average Bonchev–Trinajstić information content (AvgIpc) is 2.39. The second-order valence-electron chi connectivity index (χ2n) is 4.55. The van der Waals surface area contributed by atoms with E-state index in [9.17, 15) is 14.7 Å². The predicted molar refractivity (Wildman–Crippen MR) is 76.2 cm³/mol. The highest BCUT2D eigenvalue weighted by Crippen LogP contribution is 2.22. The summed E-state index contributed by atoms with van der Waals surface area (Å²) in [6, 6.07) is 3.77. The van der Waals surface area contributed by atoms with Gasteiger partial charge in [0.15, 0.2) is 0 Å². The minimum absolute atomic E-state index is 0.141. The molecule has 0 saturated heterocycles. The number of hydrogen-bond acceptors (Lipinski definition) is 3. The fourth-order valence-electron chi connectivity index (χ4n) is 2.00. The molecule has 110 valence electrons. The first-order valence-electron chi connectivity index (χ1n) is 6.50. The maximum atomic E-state index is 12.0. The zero-order valence-corrected chi connectivity index (χ0v) is 11.9. The predicted octanol–water partition coefficient (Wildman–Crippen LogP) is 2.74. The van der Waals surface area contributed by atoms with E-state index in [1.165, 1.54) is 18.2 Å². The lowest BCUT2D eigenvalue weighted by atomic mass is 10.1. The summed E-state index contributed by atoms with van der Waals surface area (Å²) in [6.45, 7) is 4.01. The molecular weight excluding hydrogens is 260 g/mol. The monoisotopic (exact) mass is 280 g/mol. The molecule has 0 aliphatic heterocycles. The molecule has 20 heavy (non-hydrogen) atoms. The summed E-state index contributed by atoms with van der Waals surface area (Å²) in [4.78, 5) is 24.4. The molecule has 0 aromatic heterocycles. The molecule has 1 rings (SSSR count). The minimum Gasteiger partial charge on any atom is -0.507 e. The topological polar surface area (TPSA) is 89.9 Å². The van der Waals surface area contributed by atoms with Gasteiger partial charge in [0.25, 0.3) is 0 Å². The minimum atomic E-state index is -1.21. The zero-order valence-electron chi connectivity index (χ0n) is 11.9. The van der Waals surface area contributed by atoms with Crippen LogP contribution in [0.4, 0.5) is 10.5 Å². The van der Waals surface area contributed by atoms with Gasteiger partial charge in [-0.2, -0.15) is 0 Å². The lowest BCUT2D eigenvalue weighted by Gasteiger charge is -2.26. The van der Waals surface area contributed by atoms with E-state index in [1.54, 1.807) is 11.9 Å². The normalized spacial score (nSPS) is 10.4. The van der Waals surface area contributed by atoms with Crippen LogP contribution in [-0.4, -0.2) is 40.2 Å². The molecule has 0 fully saturated rings. The Morgan fingerprint density at radius 1 is 1.30 bits per heavy atom. The van der Waals surface area contributed by atoms with Crippen LogP contribution in [0, 0.1) is 0 Å². The van der Waals surface area contributed by atoms with Crippen molar-refractivity contribution in [1.82, 2.24) is 4.90 Å². The quantitative estimate of drug-likeness (QED) is 0.773. The van der Waals surface area contributed by atoms with Gasteiger partial charge in [0.05, 0.1) is 0 Å². The van der Waals surface area contributed by atoms with Gasteiger partial charge < -0.3 is 20.4 Å². The third-order valence-electron chi connectivity index (χ3n) is 3.29. The summed E-state index contributed by atoms with van der Waals surface area (Å²) >= 11 is 0. The van der Waals surface area contributed by atoms with E-state index < -0.39 is 5.97 Å². The van der Waals surface area contributed by atoms with Crippen LogP contribution in [0.15, 0.2) is 18.2 Å². The number of rotatable bonds is 5. The highest BCUT2D eigenvalue weighted by Gasteiger charge is 2.17. The van der Waals surface area contributed by atoms with Crippen molar-refractivity contribution in [3.8, 4) is 5.75 Å². The Morgan fingerprint density at radius 3 is 2.35 bits per heavy atom. The number of carboxylic acids is 1. The number of anilines is 1. The molecule has 6 heteroatoms. The van der Waals surface area contributed by atoms with E-state index in [1.807, 2.05) is 13.8 Å². The summed E-state index contributed by atoms with van der Waals surface area (Å²) in [6.07, 6.45) is 1.70. The van der Waals surface area contributed by atoms with Crippen LogP contribution in [0.5, 0.6) is 5.75 Å². The number of benzene rings is 1. The number of carbonyl (C=O) groups is 2. The molecule has 1 aromatic rings. The number of aromatic hydroxyl groups is 1. The van der Waals surface area contributed by atoms with Crippen LogP contribution >= 0.6 is 0 Å². The van der Waals surface area contributed by atoms with Crippen molar-refractivity contribution in [1.29, 1.82) is 0 Å². The van der Waals surface area contributed by atoms with Crippen LogP contribution in [0.2, 0.25) is 0 Å². The maximum absolute atomic E-state index is 12.0. The molecule has 6 nitrogen and oxygen atoms in total. The van der Waals surface area contributed by atoms with Gasteiger partial charge >= 0.3 is 12.0 Å². The molecule has 0 saturated carbocycles. The maximum Gasteiger partial charge on any atom is 0.339 e. The van der Waals surface area contributed by atoms with Gasteiger partial charge in [-0.15, -0.1) is 0 Å². The first kappa shape index (κ1) is 15.8. The molecule has 0 bridgehead atoms. The van der Waals surface area contributed by atoms with Crippen molar-refractivity contribution < 1.29 is 19.8 Å². The van der Waals surface area contributed by atoms with Gasteiger partial charge in [-0.3, -0.25) is 0 Å². The molecule has 0 spiro atoms. The fourth-order valence-corrected chi connectivity index (χ4v) is 2.00. The van der Waals surface area contributed by atoms with Crippen molar-refractivity contribution in [3.05, 3.63) is 23.8 Å². The van der Waals surface area contributed by atoms with Crippen molar-refractivity contribution in [2.24, 2.45) is 0 Å². The molecule has 0 radical (unpaired) electrons. The molecule has 0 heterocycles. The fraction of sp³-hybridized carbons (Fsp3) is 0.429. The Kier molecular flexibility index (Phi) is 5.37. The van der Waals surface area contributed by atoms with E-state index in [2.05, 4.69) is 5.32 Å². The van der Waals surface area contributed by atoms with Gasteiger partial charge in [0.2, 0.25) is 0 Å². The second-order valence-corrected chi connectivity index (χ2v) is 4.55. The van der Waals surface area contributed by atoms with Gasteiger partial charge in [0, 0.05) is 24.8 Å². The van der Waals surface area contributed by atoms with Crippen LogP contribution in [0.1, 0.15) is 37.0 Å². The Balaban J connectivity index is 2.81. The molecule has 0 atom stereocenters. The Hall–Kier alpha value is -2.24. The number of amides is 2. The number of nitrogens with one attached hydrogen (secondary N) is 1. The van der Waals surface area contributed by atoms with Crippen LogP contribution in [0.3, 0.4) is 0 Å². The lowest BCUT2D eigenvalue weighted by molar-refractivity contribution is 0.0694. The third kappa shape index (κ3) is 3.63. The average molecular weight is 280 g/mol. The van der Waals surface area contributed by atoms with Crippen LogP contribution < -0.4 is 5.32 Å². The number of nitrogens with zero attached hydrogens (tertiary/aromatic N) is 1. The number of phenols is 1. The smallest absolute Gasteiger partial charge is 0.339 e. The van der Waals surface area contributed by atoms with Gasteiger partial charge in [0.1, 0.15) is 11.3 Å². The van der Waals surface area contributed by atoms with E-state index in [-0.39, 0.29) is 23.4 Å². The summed E-state index contributed by atoms with van der Waals surface area (Å²) in [5, 5.41) is 21.0. The van der Waals surface area contributed by atoms with Crippen molar-refractivity contribution in [2.75, 3.05) is 12.4 Å². The standard InChI is InChI=1S/C14H20N2O4/c1-4-10(5-2)16(3)14(20)15-9-6-7-11(13(18)19)12(17)8-9/h6-8,10,17H,4-5H2,1-3H3,(H,15,20)(H,18,19). The van der Waals surface area contributed by atoms with Gasteiger partial charge in [-0.25, -0.2) is 9.59 Å². The van der Waals surface area contributed by atoms with Crippen molar-refractivity contribution in [3.63, 3.8) is 0 Å². The van der Waals surface area contributed by atoms with Crippen molar-refractivity contribution in [2.45, 2.75) is 32.7 Å². The van der Waals surface area contributed by atoms with Gasteiger partial charge in [-0.1, -0.05) is 13.8 Å². The van der Waals surface area contributed by atoms with Crippen molar-refractivity contribution >= 4 is 17.7 Å². The third-order valence-corrected chi connectivity index (χ3v) is 3.29. The van der Waals surface area contributed by atoms with E-state index >= 15 is 0 Å². The lowest BCUT2D eigenvalue weighted by Crippen LogP contribution is -2.39. The SMILES string of the molecule is CCC(CC)N(C)C(=O)Nc1ccc(C(=O)O)c(O)c1. The zero-order chi connectivity index (χ0) is 15.3. The molecule has 0 aliphatic carbocycles. The number of urea groups is 1. The largest absolute Gasteiger partial charge is 0.507 e. The number of aromatic carboxylic acids is 1. The highest BCUT2D eigenvalue weighted by atomic mass is 16.4. The molecule has 0 aliphatic rings. The summed E-state index contributed by atoms with van der Waals surface area (Å²) in [5.74, 6) is -1.59. The molecule has 2 amide bonds. The van der Waals surface area contributed by atoms with Crippen LogP contribution in [-0.2, 0) is 0 Å². The van der Waals surface area contributed by atoms with E-state index in [0.29, 0.717) is 5.69 Å². The second kappa shape index (κ2) is 6.79. The highest BCUT2D eigenvalue weighted by molar-refractivity contribution is 5.93. The molecule has 1 aromatic carbocycles. The van der Waals surface area contributed by atoms with E-state index in [4.69, 9.17) is 5.11 Å². The Morgan fingerprint density at radius 2 is 1.90 bits per heavy atom. The number of hydrogen-bond donors (Lipinski definition) is 3. The molecule has 0 unspecified atom stereocenters. The number of carbonyl (C=O) groups excluding carboxylic acids is 1. The summed E-state index contributed by atoms with van der Waals surface area (Å²) < 4.78 is 0. The summed E-state index contributed by atoms with van der Waals surface area (Å²) in [7, 11) is 1.71. The summed E-state index contributed by atoms with van der Waals surface area (Å²) in [5.41, 5.74) is 0.159. The number of carboxylic acid groups (broad SMARTS) is 1. The van der Waals surface area contributed by atoms with Crippen LogP contribution in [0.25, 0.3) is 0 Å². The first-order chi connectivity index (χ1) is 9.40. The van der Waals surface area contributed by atoms with Gasteiger partial charge in [-0.05, 0) is 25.0 Å². The molecule has 3 N–H and O–H groups in total. The molecular formula is C14H20N2O4. The Labute approximate surface area is 118 Å². The van der Waals surface area contributed by atoms with E-state index in [0.717, 1.165) is 12.8 Å². The Bertz CT molecular complexity index is 498. The first-order valence-corrected chi connectivity index (χ1v) is 6.50.